The molecule has 0 aromatic heterocycles. The summed E-state index contributed by atoms with van der Waals surface area (Å²) in [6.45, 7) is 4.00. The van der Waals surface area contributed by atoms with E-state index in [9.17, 15) is 4.39 Å². The Bertz CT molecular complexity index is 336. The molecule has 0 saturated heterocycles. The standard InChI is InChI=1S/C12H16FNO/c1-9(2)12(8-15)14-7-10-4-3-5-11(13)6-10/h3-7,9,12,15H,8H2,1-2H3. The Morgan fingerprint density at radius 2 is 2.20 bits per heavy atom. The summed E-state index contributed by atoms with van der Waals surface area (Å²) in [5.74, 6) is 0.00357. The van der Waals surface area contributed by atoms with E-state index in [1.54, 1.807) is 18.3 Å². The summed E-state index contributed by atoms with van der Waals surface area (Å²) in [6, 6.07) is 6.11. The number of benzene rings is 1. The second-order valence-corrected chi connectivity index (χ2v) is 3.83. The molecule has 0 aliphatic rings. The van der Waals surface area contributed by atoms with E-state index < -0.39 is 0 Å². The fourth-order valence-corrected chi connectivity index (χ4v) is 1.20. The van der Waals surface area contributed by atoms with Crippen LogP contribution in [0.5, 0.6) is 0 Å². The van der Waals surface area contributed by atoms with Gasteiger partial charge in [-0.3, -0.25) is 4.99 Å². The van der Waals surface area contributed by atoms with Gasteiger partial charge in [-0.2, -0.15) is 0 Å². The number of nitrogens with zero attached hydrogens (tertiary/aromatic N) is 1. The molecule has 1 aromatic rings. The highest BCUT2D eigenvalue weighted by atomic mass is 19.1. The van der Waals surface area contributed by atoms with Crippen molar-refractivity contribution in [1.29, 1.82) is 0 Å². The second-order valence-electron chi connectivity index (χ2n) is 3.83. The van der Waals surface area contributed by atoms with Crippen LogP contribution in [-0.4, -0.2) is 24.0 Å². The molecule has 0 heterocycles. The zero-order chi connectivity index (χ0) is 11.3. The monoisotopic (exact) mass is 209 g/mol. The summed E-state index contributed by atoms with van der Waals surface area (Å²) in [5, 5.41) is 9.04. The van der Waals surface area contributed by atoms with Crippen molar-refractivity contribution in [2.75, 3.05) is 6.61 Å². The van der Waals surface area contributed by atoms with Gasteiger partial charge in [0.15, 0.2) is 0 Å². The predicted molar refractivity (Wildman–Crippen MR) is 59.7 cm³/mol. The van der Waals surface area contributed by atoms with Crippen LogP contribution in [0.2, 0.25) is 0 Å². The Labute approximate surface area is 89.5 Å². The molecule has 0 aliphatic heterocycles. The van der Waals surface area contributed by atoms with E-state index in [2.05, 4.69) is 4.99 Å². The number of rotatable bonds is 4. The quantitative estimate of drug-likeness (QED) is 0.758. The average molecular weight is 209 g/mol. The topological polar surface area (TPSA) is 32.6 Å². The van der Waals surface area contributed by atoms with Crippen molar-refractivity contribution in [3.63, 3.8) is 0 Å². The van der Waals surface area contributed by atoms with E-state index in [1.807, 2.05) is 13.8 Å². The molecule has 15 heavy (non-hydrogen) atoms. The number of aliphatic hydroxyl groups excluding tert-OH is 1. The number of hydrogen-bond acceptors (Lipinski definition) is 2. The first-order valence-electron chi connectivity index (χ1n) is 5.03. The third kappa shape index (κ3) is 3.80. The van der Waals surface area contributed by atoms with Crippen molar-refractivity contribution in [3.8, 4) is 0 Å². The minimum atomic E-state index is -0.274. The SMILES string of the molecule is CC(C)C(CO)N=Cc1cccc(F)c1. The molecule has 1 aromatic carbocycles. The van der Waals surface area contributed by atoms with Crippen LogP contribution in [0.15, 0.2) is 29.3 Å². The van der Waals surface area contributed by atoms with Crippen molar-refractivity contribution in [2.45, 2.75) is 19.9 Å². The Morgan fingerprint density at radius 1 is 1.47 bits per heavy atom. The molecular formula is C12H16FNO. The lowest BCUT2D eigenvalue weighted by Crippen LogP contribution is -2.17. The summed E-state index contributed by atoms with van der Waals surface area (Å²) < 4.78 is 12.8. The Hall–Kier alpha value is -1.22. The summed E-state index contributed by atoms with van der Waals surface area (Å²) in [4.78, 5) is 4.21. The molecule has 82 valence electrons. The number of aliphatic hydroxyl groups is 1. The second kappa shape index (κ2) is 5.61. The van der Waals surface area contributed by atoms with Crippen LogP contribution < -0.4 is 0 Å². The largest absolute Gasteiger partial charge is 0.394 e. The zero-order valence-corrected chi connectivity index (χ0v) is 9.02. The van der Waals surface area contributed by atoms with Crippen molar-refractivity contribution in [3.05, 3.63) is 35.6 Å². The van der Waals surface area contributed by atoms with Crippen LogP contribution in [-0.2, 0) is 0 Å². The Balaban J connectivity index is 2.71. The normalized spacial score (nSPS) is 13.7. The third-order valence-electron chi connectivity index (χ3n) is 2.22. The van der Waals surface area contributed by atoms with Gasteiger partial charge in [0.05, 0.1) is 12.6 Å². The predicted octanol–water partition coefficient (Wildman–Crippen LogP) is 2.26. The summed E-state index contributed by atoms with van der Waals surface area (Å²) in [6.07, 6.45) is 1.60. The first kappa shape index (κ1) is 11.9. The fourth-order valence-electron chi connectivity index (χ4n) is 1.20. The molecule has 0 fully saturated rings. The molecule has 0 aliphatic carbocycles. The molecule has 1 rings (SSSR count). The van der Waals surface area contributed by atoms with Crippen molar-refractivity contribution in [1.82, 2.24) is 0 Å². The first-order valence-corrected chi connectivity index (χ1v) is 5.03. The molecule has 0 amide bonds. The lowest BCUT2D eigenvalue weighted by atomic mass is 10.1. The van der Waals surface area contributed by atoms with Crippen LogP contribution in [0.1, 0.15) is 19.4 Å². The van der Waals surface area contributed by atoms with Gasteiger partial charge in [-0.15, -0.1) is 0 Å². The highest BCUT2D eigenvalue weighted by Crippen LogP contribution is 2.06. The zero-order valence-electron chi connectivity index (χ0n) is 9.02. The van der Waals surface area contributed by atoms with E-state index in [4.69, 9.17) is 5.11 Å². The molecule has 2 nitrogen and oxygen atoms in total. The molecule has 1 atom stereocenters. The minimum Gasteiger partial charge on any atom is -0.394 e. The lowest BCUT2D eigenvalue weighted by molar-refractivity contribution is 0.240. The highest BCUT2D eigenvalue weighted by Gasteiger charge is 2.08. The fraction of sp³-hybridized carbons (Fsp3) is 0.417. The number of aliphatic imine (C=N–C) groups is 1. The van der Waals surface area contributed by atoms with E-state index in [0.29, 0.717) is 5.56 Å². The molecule has 0 bridgehead atoms. The first-order chi connectivity index (χ1) is 7.13. The van der Waals surface area contributed by atoms with E-state index >= 15 is 0 Å². The van der Waals surface area contributed by atoms with Gasteiger partial charge in [0.2, 0.25) is 0 Å². The minimum absolute atomic E-state index is 0.0173. The van der Waals surface area contributed by atoms with Gasteiger partial charge in [-0.05, 0) is 23.6 Å². The molecule has 0 saturated carbocycles. The highest BCUT2D eigenvalue weighted by molar-refractivity contribution is 5.79. The van der Waals surface area contributed by atoms with Gasteiger partial charge in [-0.25, -0.2) is 4.39 Å². The summed E-state index contributed by atoms with van der Waals surface area (Å²) in [5.41, 5.74) is 0.717. The molecular weight excluding hydrogens is 193 g/mol. The van der Waals surface area contributed by atoms with Crippen LogP contribution in [0, 0.1) is 11.7 Å². The lowest BCUT2D eigenvalue weighted by Gasteiger charge is -2.12. The number of halogens is 1. The summed E-state index contributed by atoms with van der Waals surface area (Å²) in [7, 11) is 0. The van der Waals surface area contributed by atoms with Crippen LogP contribution in [0.25, 0.3) is 0 Å². The van der Waals surface area contributed by atoms with Gasteiger partial charge in [0.1, 0.15) is 5.82 Å². The maximum absolute atomic E-state index is 12.8. The Morgan fingerprint density at radius 3 is 2.73 bits per heavy atom. The van der Waals surface area contributed by atoms with Gasteiger partial charge in [-0.1, -0.05) is 26.0 Å². The van der Waals surface area contributed by atoms with Crippen LogP contribution in [0.3, 0.4) is 0 Å². The molecule has 1 N–H and O–H groups in total. The number of hydrogen-bond donors (Lipinski definition) is 1. The Kier molecular flexibility index (Phi) is 4.43. The van der Waals surface area contributed by atoms with E-state index in [-0.39, 0.29) is 24.4 Å². The van der Waals surface area contributed by atoms with Crippen molar-refractivity contribution >= 4 is 6.21 Å². The maximum atomic E-state index is 12.8. The molecule has 3 heteroatoms. The van der Waals surface area contributed by atoms with Gasteiger partial charge in [0, 0.05) is 6.21 Å². The van der Waals surface area contributed by atoms with Gasteiger partial charge >= 0.3 is 0 Å². The van der Waals surface area contributed by atoms with Gasteiger partial charge < -0.3 is 5.11 Å². The molecule has 1 unspecified atom stereocenters. The van der Waals surface area contributed by atoms with E-state index in [0.717, 1.165) is 0 Å². The maximum Gasteiger partial charge on any atom is 0.123 e. The van der Waals surface area contributed by atoms with Gasteiger partial charge in [0.25, 0.3) is 0 Å². The van der Waals surface area contributed by atoms with Crippen molar-refractivity contribution in [2.24, 2.45) is 10.9 Å². The van der Waals surface area contributed by atoms with Crippen molar-refractivity contribution < 1.29 is 9.50 Å². The summed E-state index contributed by atoms with van der Waals surface area (Å²) >= 11 is 0. The van der Waals surface area contributed by atoms with Crippen LogP contribution in [0.4, 0.5) is 4.39 Å². The van der Waals surface area contributed by atoms with Crippen LogP contribution >= 0.6 is 0 Å². The smallest absolute Gasteiger partial charge is 0.123 e. The molecule has 0 radical (unpaired) electrons. The average Bonchev–Trinajstić information content (AvgIpc) is 2.18. The van der Waals surface area contributed by atoms with E-state index in [1.165, 1.54) is 12.1 Å². The molecule has 0 spiro atoms. The third-order valence-corrected chi connectivity index (χ3v) is 2.22.